The minimum atomic E-state index is -0.144. The maximum absolute atomic E-state index is 12.6. The van der Waals surface area contributed by atoms with Crippen molar-refractivity contribution in [2.45, 2.75) is 25.4 Å². The first-order valence-corrected chi connectivity index (χ1v) is 9.90. The van der Waals surface area contributed by atoms with E-state index >= 15 is 0 Å². The van der Waals surface area contributed by atoms with Gasteiger partial charge in [0.1, 0.15) is 12.1 Å². The van der Waals surface area contributed by atoms with Crippen LogP contribution in [0.4, 0.5) is 17.2 Å². The van der Waals surface area contributed by atoms with Crippen LogP contribution in [-0.4, -0.2) is 68.2 Å². The number of hydrogen-bond donors (Lipinski definition) is 2. The van der Waals surface area contributed by atoms with Crippen molar-refractivity contribution >= 4 is 34.7 Å². The highest BCUT2D eigenvalue weighted by Gasteiger charge is 2.45. The Kier molecular flexibility index (Phi) is 4.55. The molecular weight excluding hydrogens is 384 g/mol. The fourth-order valence-electron chi connectivity index (χ4n) is 4.26. The molecule has 0 spiro atoms. The molecule has 154 valence electrons. The topological polar surface area (TPSA) is 108 Å². The van der Waals surface area contributed by atoms with Crippen LogP contribution >= 0.6 is 0 Å². The lowest BCUT2D eigenvalue weighted by Crippen LogP contribution is -2.69. The summed E-state index contributed by atoms with van der Waals surface area (Å²) >= 11 is 0. The predicted octanol–water partition coefficient (Wildman–Crippen LogP) is 0.984. The molecule has 0 radical (unpaired) electrons. The van der Waals surface area contributed by atoms with Crippen molar-refractivity contribution in [2.24, 2.45) is 0 Å². The van der Waals surface area contributed by atoms with Crippen LogP contribution < -0.4 is 15.5 Å². The average molecular weight is 406 g/mol. The van der Waals surface area contributed by atoms with Crippen molar-refractivity contribution in [3.8, 4) is 0 Å². The zero-order valence-corrected chi connectivity index (χ0v) is 16.5. The van der Waals surface area contributed by atoms with Gasteiger partial charge in [0.15, 0.2) is 5.65 Å². The van der Waals surface area contributed by atoms with Crippen LogP contribution in [0.1, 0.15) is 13.3 Å². The summed E-state index contributed by atoms with van der Waals surface area (Å²) in [5.74, 6) is 0.701. The van der Waals surface area contributed by atoms with Crippen molar-refractivity contribution in [3.05, 3.63) is 42.7 Å². The molecule has 3 aromatic rings. The number of piperidine rings is 1. The number of nitrogens with zero attached hydrogens (tertiary/aromatic N) is 6. The van der Waals surface area contributed by atoms with Gasteiger partial charge in [0.05, 0.1) is 6.54 Å². The lowest BCUT2D eigenvalue weighted by atomic mass is 9.87. The molecule has 3 saturated heterocycles. The Morgan fingerprint density at radius 3 is 2.63 bits per heavy atom. The molecule has 30 heavy (non-hydrogen) atoms. The fourth-order valence-corrected chi connectivity index (χ4v) is 4.26. The molecule has 2 atom stereocenters. The van der Waals surface area contributed by atoms with Crippen LogP contribution in [-0.2, 0) is 9.59 Å². The van der Waals surface area contributed by atoms with E-state index in [0.29, 0.717) is 30.0 Å². The van der Waals surface area contributed by atoms with Gasteiger partial charge in [-0.2, -0.15) is 4.52 Å². The molecule has 2 bridgehead atoms. The highest BCUT2D eigenvalue weighted by atomic mass is 16.2. The van der Waals surface area contributed by atoms with Crippen molar-refractivity contribution in [1.29, 1.82) is 0 Å². The number of rotatable bonds is 5. The van der Waals surface area contributed by atoms with Gasteiger partial charge in [-0.3, -0.25) is 14.5 Å². The molecule has 5 heterocycles. The molecule has 1 aromatic carbocycles. The average Bonchev–Trinajstić information content (AvgIpc) is 3.20. The van der Waals surface area contributed by atoms with Gasteiger partial charge in [0, 0.05) is 43.5 Å². The zero-order valence-electron chi connectivity index (χ0n) is 16.5. The molecule has 10 heteroatoms. The maximum Gasteiger partial charge on any atom is 0.238 e. The summed E-state index contributed by atoms with van der Waals surface area (Å²) in [7, 11) is 0. The van der Waals surface area contributed by atoms with Gasteiger partial charge in [-0.05, 0) is 36.8 Å². The number of carbonyl (C=O) groups is 2. The predicted molar refractivity (Wildman–Crippen MR) is 111 cm³/mol. The maximum atomic E-state index is 12.6. The number of aromatic nitrogens is 4. The van der Waals surface area contributed by atoms with Crippen LogP contribution in [0.2, 0.25) is 0 Å². The SMILES string of the molecule is CC(=O)Nc1cccc(NC(=O)CN2C3CC2CN(c2ccc4nncn4n2)C3)c1. The second-order valence-electron chi connectivity index (χ2n) is 7.76. The first kappa shape index (κ1) is 18.5. The van der Waals surface area contributed by atoms with Gasteiger partial charge in [0.2, 0.25) is 11.8 Å². The van der Waals surface area contributed by atoms with Gasteiger partial charge in [-0.25, -0.2) is 0 Å². The van der Waals surface area contributed by atoms with E-state index in [2.05, 4.69) is 35.7 Å². The Morgan fingerprint density at radius 1 is 1.10 bits per heavy atom. The molecule has 2 amide bonds. The Bertz CT molecular complexity index is 1100. The quantitative estimate of drug-likeness (QED) is 0.650. The van der Waals surface area contributed by atoms with Crippen LogP contribution in [0.3, 0.4) is 0 Å². The highest BCUT2D eigenvalue weighted by Crippen LogP contribution is 2.33. The molecule has 2 aromatic heterocycles. The van der Waals surface area contributed by atoms with Gasteiger partial charge in [0.25, 0.3) is 0 Å². The number of anilines is 3. The van der Waals surface area contributed by atoms with E-state index in [1.807, 2.05) is 18.2 Å². The van der Waals surface area contributed by atoms with Gasteiger partial charge >= 0.3 is 0 Å². The van der Waals surface area contributed by atoms with E-state index in [1.165, 1.54) is 6.92 Å². The lowest BCUT2D eigenvalue weighted by Gasteiger charge is -2.56. The molecule has 2 unspecified atom stereocenters. The van der Waals surface area contributed by atoms with E-state index in [4.69, 9.17) is 0 Å². The summed E-state index contributed by atoms with van der Waals surface area (Å²) in [6.07, 6.45) is 2.69. The Balaban J connectivity index is 1.19. The summed E-state index contributed by atoms with van der Waals surface area (Å²) in [4.78, 5) is 28.3. The number of piperazine rings is 1. The summed E-state index contributed by atoms with van der Waals surface area (Å²) in [6, 6.07) is 11.7. The van der Waals surface area contributed by atoms with Crippen molar-refractivity contribution in [3.63, 3.8) is 0 Å². The molecule has 3 aliphatic heterocycles. The van der Waals surface area contributed by atoms with E-state index in [9.17, 15) is 9.59 Å². The third-order valence-corrected chi connectivity index (χ3v) is 5.61. The monoisotopic (exact) mass is 406 g/mol. The summed E-state index contributed by atoms with van der Waals surface area (Å²) in [5.41, 5.74) is 2.06. The third kappa shape index (κ3) is 3.57. The molecule has 6 rings (SSSR count). The normalized spacial score (nSPS) is 20.6. The van der Waals surface area contributed by atoms with E-state index in [1.54, 1.807) is 29.0 Å². The smallest absolute Gasteiger partial charge is 0.238 e. The summed E-state index contributed by atoms with van der Waals surface area (Å²) < 4.78 is 1.68. The number of amides is 2. The van der Waals surface area contributed by atoms with Crippen molar-refractivity contribution < 1.29 is 9.59 Å². The number of fused-ring (bicyclic) bond motifs is 3. The number of nitrogens with one attached hydrogen (secondary N) is 2. The number of carbonyl (C=O) groups excluding carboxylic acids is 2. The van der Waals surface area contributed by atoms with Crippen LogP contribution in [0, 0.1) is 0 Å². The van der Waals surface area contributed by atoms with Gasteiger partial charge in [-0.15, -0.1) is 15.3 Å². The Hall–Kier alpha value is -3.53. The molecule has 3 aliphatic rings. The minimum absolute atomic E-state index is 0.0536. The van der Waals surface area contributed by atoms with Crippen molar-refractivity contribution in [1.82, 2.24) is 24.7 Å². The van der Waals surface area contributed by atoms with Crippen LogP contribution in [0.5, 0.6) is 0 Å². The lowest BCUT2D eigenvalue weighted by molar-refractivity contribution is -0.121. The van der Waals surface area contributed by atoms with E-state index in [-0.39, 0.29) is 11.8 Å². The van der Waals surface area contributed by atoms with Crippen LogP contribution in [0.25, 0.3) is 5.65 Å². The highest BCUT2D eigenvalue weighted by molar-refractivity contribution is 5.94. The molecule has 2 N–H and O–H groups in total. The molecule has 10 nitrogen and oxygen atoms in total. The standard InChI is InChI=1S/C20H22N8O2/c1-13(29)22-14-3-2-4-15(7-14)23-20(30)11-27-16-8-17(27)10-26(9-16)19-6-5-18-24-21-12-28(18)25-19/h2-7,12,16-17H,8-11H2,1H3,(H,22,29)(H,23,30). The fraction of sp³-hybridized carbons (Fsp3) is 0.350. The van der Waals surface area contributed by atoms with Crippen molar-refractivity contribution in [2.75, 3.05) is 35.2 Å². The molecular formula is C20H22N8O2. The van der Waals surface area contributed by atoms with Gasteiger partial charge < -0.3 is 15.5 Å². The van der Waals surface area contributed by atoms with Gasteiger partial charge in [-0.1, -0.05) is 6.07 Å². The molecule has 0 aliphatic carbocycles. The second kappa shape index (κ2) is 7.38. The molecule has 0 saturated carbocycles. The van der Waals surface area contributed by atoms with E-state index < -0.39 is 0 Å². The summed E-state index contributed by atoms with van der Waals surface area (Å²) in [5, 5.41) is 18.1. The Labute approximate surface area is 172 Å². The molecule has 3 fully saturated rings. The third-order valence-electron chi connectivity index (χ3n) is 5.61. The number of benzene rings is 1. The van der Waals surface area contributed by atoms with Crippen LogP contribution in [0.15, 0.2) is 42.7 Å². The first-order chi connectivity index (χ1) is 14.5. The zero-order chi connectivity index (χ0) is 20.7. The first-order valence-electron chi connectivity index (χ1n) is 9.90. The minimum Gasteiger partial charge on any atom is -0.352 e. The summed E-state index contributed by atoms with van der Waals surface area (Å²) in [6.45, 7) is 3.48. The number of hydrogen-bond acceptors (Lipinski definition) is 7. The Morgan fingerprint density at radius 2 is 1.87 bits per heavy atom. The second-order valence-corrected chi connectivity index (χ2v) is 7.76. The largest absolute Gasteiger partial charge is 0.352 e. The van der Waals surface area contributed by atoms with E-state index in [0.717, 1.165) is 31.0 Å².